The largest absolute Gasteiger partial charge is 0.416 e. The number of aromatic nitrogens is 2. The molecule has 0 radical (unpaired) electrons. The fraction of sp³-hybridized carbons (Fsp3) is 0.429. The summed E-state index contributed by atoms with van der Waals surface area (Å²) in [6.07, 6.45) is 2.47. The highest BCUT2D eigenvalue weighted by Gasteiger charge is 2.27. The summed E-state index contributed by atoms with van der Waals surface area (Å²) in [4.78, 5) is 33.6. The highest BCUT2D eigenvalue weighted by Crippen LogP contribution is 2.15. The Bertz CT molecular complexity index is 637. The number of anilines is 1. The molecule has 1 aromatic heterocycles. The van der Waals surface area contributed by atoms with Gasteiger partial charge in [0.15, 0.2) is 11.5 Å². The average Bonchev–Trinajstić information content (AvgIpc) is 2.49. The van der Waals surface area contributed by atoms with Gasteiger partial charge in [0.2, 0.25) is 0 Å². The van der Waals surface area contributed by atoms with E-state index in [0.717, 1.165) is 12.8 Å². The summed E-state index contributed by atoms with van der Waals surface area (Å²) in [5, 5.41) is 2.83. The minimum Gasteiger partial charge on any atom is -0.416 e. The summed E-state index contributed by atoms with van der Waals surface area (Å²) >= 11 is 3.15. The Labute approximate surface area is 142 Å². The summed E-state index contributed by atoms with van der Waals surface area (Å²) < 4.78 is 5.42. The fourth-order valence-corrected chi connectivity index (χ4v) is 2.55. The van der Waals surface area contributed by atoms with Crippen molar-refractivity contribution in [2.45, 2.75) is 25.8 Å². The van der Waals surface area contributed by atoms with Crippen LogP contribution in [0.5, 0.6) is 0 Å². The highest BCUT2D eigenvalue weighted by atomic mass is 79.9. The van der Waals surface area contributed by atoms with Crippen molar-refractivity contribution in [3.63, 3.8) is 0 Å². The van der Waals surface area contributed by atoms with Crippen LogP contribution in [0.4, 0.5) is 10.6 Å². The standard InChI is InChI=1S/C14H18BrN5O3/c1-8(2)23-14(22)20-5-3-4-9(7-20)18-13(21)11-12(16)17-6-10(15)19-11/h6,9H,1,3-5,7H2,2H3,(H2,16,17)(H,18,21)/t9-/m0/s1. The van der Waals surface area contributed by atoms with Gasteiger partial charge in [-0.15, -0.1) is 0 Å². The van der Waals surface area contributed by atoms with Crippen LogP contribution in [0.1, 0.15) is 30.3 Å². The first kappa shape index (κ1) is 17.2. The van der Waals surface area contributed by atoms with Crippen molar-refractivity contribution in [1.29, 1.82) is 0 Å². The van der Waals surface area contributed by atoms with Crippen LogP contribution in [-0.4, -0.2) is 46.0 Å². The predicted molar refractivity (Wildman–Crippen MR) is 87.5 cm³/mol. The van der Waals surface area contributed by atoms with E-state index >= 15 is 0 Å². The number of halogens is 1. The number of amides is 2. The molecule has 0 spiro atoms. The van der Waals surface area contributed by atoms with Gasteiger partial charge in [-0.3, -0.25) is 4.79 Å². The lowest BCUT2D eigenvalue weighted by atomic mass is 10.1. The number of carbonyl (C=O) groups is 2. The molecule has 2 heterocycles. The van der Waals surface area contributed by atoms with Crippen LogP contribution in [0.3, 0.4) is 0 Å². The number of nitrogens with zero attached hydrogens (tertiary/aromatic N) is 3. The van der Waals surface area contributed by atoms with Crippen LogP contribution >= 0.6 is 15.9 Å². The van der Waals surface area contributed by atoms with Crippen LogP contribution in [-0.2, 0) is 4.74 Å². The summed E-state index contributed by atoms with van der Waals surface area (Å²) in [5.41, 5.74) is 5.73. The smallest absolute Gasteiger partial charge is 0.414 e. The number of nitrogen functional groups attached to an aromatic ring is 1. The number of nitrogens with two attached hydrogens (primary N) is 1. The quantitative estimate of drug-likeness (QED) is 0.768. The topological polar surface area (TPSA) is 110 Å². The van der Waals surface area contributed by atoms with Gasteiger partial charge in [0.05, 0.1) is 12.0 Å². The molecule has 2 rings (SSSR count). The molecular weight excluding hydrogens is 366 g/mol. The first-order chi connectivity index (χ1) is 10.9. The van der Waals surface area contributed by atoms with Gasteiger partial charge < -0.3 is 20.7 Å². The van der Waals surface area contributed by atoms with Gasteiger partial charge >= 0.3 is 6.09 Å². The Morgan fingerprint density at radius 1 is 1.57 bits per heavy atom. The molecule has 0 aliphatic carbocycles. The molecule has 1 aliphatic rings. The molecule has 1 atom stereocenters. The molecule has 8 nitrogen and oxygen atoms in total. The van der Waals surface area contributed by atoms with Crippen LogP contribution in [0, 0.1) is 0 Å². The highest BCUT2D eigenvalue weighted by molar-refractivity contribution is 9.10. The zero-order chi connectivity index (χ0) is 17.0. The molecule has 3 N–H and O–H groups in total. The van der Waals surface area contributed by atoms with E-state index in [2.05, 4.69) is 37.8 Å². The van der Waals surface area contributed by atoms with E-state index in [4.69, 9.17) is 10.5 Å². The summed E-state index contributed by atoms with van der Waals surface area (Å²) in [6, 6.07) is -0.200. The number of hydrogen-bond donors (Lipinski definition) is 2. The first-order valence-corrected chi connectivity index (χ1v) is 7.87. The number of nitrogens with one attached hydrogen (secondary N) is 1. The second kappa shape index (κ2) is 7.40. The van der Waals surface area contributed by atoms with E-state index in [1.807, 2.05) is 0 Å². The van der Waals surface area contributed by atoms with E-state index in [1.54, 1.807) is 11.8 Å². The van der Waals surface area contributed by atoms with Crippen LogP contribution in [0.15, 0.2) is 23.1 Å². The molecule has 9 heteroatoms. The zero-order valence-corrected chi connectivity index (χ0v) is 14.3. The third-order valence-corrected chi connectivity index (χ3v) is 3.64. The molecule has 0 bridgehead atoms. The Morgan fingerprint density at radius 2 is 2.30 bits per heavy atom. The van der Waals surface area contributed by atoms with Crippen molar-refractivity contribution in [3.05, 3.63) is 28.8 Å². The molecule has 1 aromatic rings. The Morgan fingerprint density at radius 3 is 3.00 bits per heavy atom. The number of allylic oxidation sites excluding steroid dienone is 1. The van der Waals surface area contributed by atoms with Crippen molar-refractivity contribution in [2.75, 3.05) is 18.8 Å². The number of likely N-dealkylation sites (tertiary alicyclic amines) is 1. The molecule has 0 saturated carbocycles. The molecule has 1 saturated heterocycles. The number of ether oxygens (including phenoxy) is 1. The van der Waals surface area contributed by atoms with Crippen molar-refractivity contribution < 1.29 is 14.3 Å². The monoisotopic (exact) mass is 383 g/mol. The van der Waals surface area contributed by atoms with Crippen LogP contribution < -0.4 is 11.1 Å². The molecule has 1 fully saturated rings. The maximum Gasteiger partial charge on any atom is 0.414 e. The average molecular weight is 384 g/mol. The van der Waals surface area contributed by atoms with Crippen LogP contribution in [0.25, 0.3) is 0 Å². The lowest BCUT2D eigenvalue weighted by molar-refractivity contribution is 0.0869. The minimum absolute atomic E-state index is 0.0556. The number of piperidine rings is 1. The molecule has 0 unspecified atom stereocenters. The minimum atomic E-state index is -0.460. The number of hydrogen-bond acceptors (Lipinski definition) is 6. The van der Waals surface area contributed by atoms with Crippen molar-refractivity contribution in [1.82, 2.24) is 20.2 Å². The Kier molecular flexibility index (Phi) is 5.54. The van der Waals surface area contributed by atoms with Gasteiger partial charge in [0.1, 0.15) is 4.60 Å². The van der Waals surface area contributed by atoms with Crippen molar-refractivity contribution in [2.24, 2.45) is 0 Å². The molecular formula is C14H18BrN5O3. The zero-order valence-electron chi connectivity index (χ0n) is 12.7. The van der Waals surface area contributed by atoms with Gasteiger partial charge in [-0.05, 0) is 35.7 Å². The molecule has 0 aromatic carbocycles. The number of carbonyl (C=O) groups excluding carboxylic acids is 2. The summed E-state index contributed by atoms with van der Waals surface area (Å²) in [5.74, 6) is -0.0326. The second-order valence-electron chi connectivity index (χ2n) is 5.26. The molecule has 1 aliphatic heterocycles. The normalized spacial score (nSPS) is 17.5. The van der Waals surface area contributed by atoms with E-state index in [1.165, 1.54) is 6.20 Å². The van der Waals surface area contributed by atoms with E-state index in [-0.39, 0.29) is 17.6 Å². The second-order valence-corrected chi connectivity index (χ2v) is 6.07. The predicted octanol–water partition coefficient (Wildman–Crippen LogP) is 1.69. The summed E-state index contributed by atoms with van der Waals surface area (Å²) in [6.45, 7) is 6.09. The first-order valence-electron chi connectivity index (χ1n) is 7.08. The Balaban J connectivity index is 1.99. The van der Waals surface area contributed by atoms with Gasteiger partial charge in [0, 0.05) is 19.1 Å². The SMILES string of the molecule is C=C(C)OC(=O)N1CCC[C@H](NC(=O)c2nc(Br)cnc2N)C1. The van der Waals surface area contributed by atoms with E-state index < -0.39 is 12.0 Å². The van der Waals surface area contributed by atoms with E-state index in [0.29, 0.717) is 23.5 Å². The third-order valence-electron chi connectivity index (χ3n) is 3.26. The number of rotatable bonds is 3. The van der Waals surface area contributed by atoms with Gasteiger partial charge in [-0.1, -0.05) is 6.58 Å². The van der Waals surface area contributed by atoms with Crippen molar-refractivity contribution in [3.8, 4) is 0 Å². The molecule has 23 heavy (non-hydrogen) atoms. The third kappa shape index (κ3) is 4.65. The molecule has 124 valence electrons. The molecule has 2 amide bonds. The van der Waals surface area contributed by atoms with Gasteiger partial charge in [-0.2, -0.15) is 0 Å². The maximum atomic E-state index is 12.3. The lowest BCUT2D eigenvalue weighted by Gasteiger charge is -2.32. The van der Waals surface area contributed by atoms with Gasteiger partial charge in [0.25, 0.3) is 5.91 Å². The summed E-state index contributed by atoms with van der Waals surface area (Å²) in [7, 11) is 0. The fourth-order valence-electron chi connectivity index (χ4n) is 2.27. The lowest BCUT2D eigenvalue weighted by Crippen LogP contribution is -2.49. The maximum absolute atomic E-state index is 12.3. The van der Waals surface area contributed by atoms with Gasteiger partial charge in [-0.25, -0.2) is 14.8 Å². The van der Waals surface area contributed by atoms with E-state index in [9.17, 15) is 9.59 Å². The Hall–Kier alpha value is -2.16. The van der Waals surface area contributed by atoms with Crippen LogP contribution in [0.2, 0.25) is 0 Å². The van der Waals surface area contributed by atoms with Crippen molar-refractivity contribution >= 4 is 33.7 Å².